The number of hydrogen-bond acceptors (Lipinski definition) is 13. The van der Waals surface area contributed by atoms with Crippen LogP contribution in [0.3, 0.4) is 0 Å². The number of nitrogens with zero attached hydrogens (tertiary/aromatic N) is 2. The number of aliphatic hydroxyl groups is 1. The number of phenolic OH excluding ortho intramolecular Hbond substituents is 1. The molecule has 0 spiro atoms. The Kier molecular flexibility index (Phi) is 14.4. The van der Waals surface area contributed by atoms with Gasteiger partial charge in [-0.1, -0.05) is 90.0 Å². The summed E-state index contributed by atoms with van der Waals surface area (Å²) in [6.07, 6.45) is 15.5. The SMILES string of the molecule is CCCCCCCCCCCCCCCC(=O)N[C@H]1CS[C@@H]2c3c(OC(C)=O)c(C)c4c(c3[C@H](COC1=O)N1C2[C@@H]2c3c(cc(C)c(OC)c3O)C[C@H]([C@@H]1O)N2C)OCO4. The van der Waals surface area contributed by atoms with E-state index in [1.807, 2.05) is 31.9 Å². The van der Waals surface area contributed by atoms with Crippen molar-refractivity contribution < 1.29 is 48.3 Å². The highest BCUT2D eigenvalue weighted by atomic mass is 32.2. The summed E-state index contributed by atoms with van der Waals surface area (Å²) in [5.74, 6) is 0.533. The third kappa shape index (κ3) is 8.67. The minimum Gasteiger partial charge on any atom is -0.504 e. The van der Waals surface area contributed by atoms with E-state index in [0.29, 0.717) is 58.1 Å². The van der Waals surface area contributed by atoms with Crippen molar-refractivity contribution in [1.82, 2.24) is 15.1 Å². The minimum absolute atomic E-state index is 0.0455. The Bertz CT molecular complexity index is 1910. The Morgan fingerprint density at radius 1 is 0.917 bits per heavy atom. The highest BCUT2D eigenvalue weighted by molar-refractivity contribution is 7.99. The third-order valence-corrected chi connectivity index (χ3v) is 14.7. The number of likely N-dealkylation sites (N-methyl/N-ethyl adjacent to an activating group) is 1. The van der Waals surface area contributed by atoms with E-state index in [1.54, 1.807) is 0 Å². The zero-order chi connectivity index (χ0) is 42.7. The van der Waals surface area contributed by atoms with Gasteiger partial charge >= 0.3 is 11.9 Å². The Labute approximate surface area is 359 Å². The highest BCUT2D eigenvalue weighted by Crippen LogP contribution is 2.64. The minimum atomic E-state index is -1.03. The quantitative estimate of drug-likeness (QED) is 0.0813. The molecule has 6 aliphatic rings. The molecule has 3 N–H and O–H groups in total. The number of unbranched alkanes of at least 4 members (excludes halogenated alkanes) is 12. The lowest BCUT2D eigenvalue weighted by atomic mass is 9.73. The van der Waals surface area contributed by atoms with Crippen LogP contribution in [0, 0.1) is 13.8 Å². The van der Waals surface area contributed by atoms with Gasteiger partial charge in [0.1, 0.15) is 24.6 Å². The molecule has 1 amide bonds. The average molecular weight is 852 g/mol. The van der Waals surface area contributed by atoms with Gasteiger partial charge in [0.2, 0.25) is 12.7 Å². The van der Waals surface area contributed by atoms with Crippen LogP contribution in [0.15, 0.2) is 6.07 Å². The summed E-state index contributed by atoms with van der Waals surface area (Å²) in [6.45, 7) is 7.09. The maximum Gasteiger partial charge on any atom is 0.329 e. The summed E-state index contributed by atoms with van der Waals surface area (Å²) in [7, 11) is 3.50. The number of aliphatic hydroxyl groups excluding tert-OH is 1. The van der Waals surface area contributed by atoms with E-state index in [1.165, 1.54) is 90.0 Å². The fourth-order valence-corrected chi connectivity index (χ4v) is 12.0. The summed E-state index contributed by atoms with van der Waals surface area (Å²) >= 11 is 1.43. The number of phenols is 1. The van der Waals surface area contributed by atoms with Crippen LogP contribution in [0.2, 0.25) is 0 Å². The van der Waals surface area contributed by atoms with Crippen molar-refractivity contribution in [2.75, 3.05) is 33.3 Å². The number of aromatic hydroxyl groups is 1. The zero-order valence-electron chi connectivity index (χ0n) is 36.3. The lowest BCUT2D eigenvalue weighted by molar-refractivity contribution is -0.184. The molecule has 2 fully saturated rings. The fourth-order valence-electron chi connectivity index (χ4n) is 10.4. The van der Waals surface area contributed by atoms with Crippen molar-refractivity contribution in [2.45, 2.75) is 166 Å². The predicted octanol–water partition coefficient (Wildman–Crippen LogP) is 7.62. The van der Waals surface area contributed by atoms with Gasteiger partial charge in [-0.25, -0.2) is 4.79 Å². The number of amides is 1. The molecule has 7 atom stereocenters. The van der Waals surface area contributed by atoms with Gasteiger partial charge in [0.25, 0.3) is 0 Å². The summed E-state index contributed by atoms with van der Waals surface area (Å²) in [5, 5.41) is 26.9. The Morgan fingerprint density at radius 2 is 1.57 bits per heavy atom. The second-order valence-electron chi connectivity index (χ2n) is 17.3. The molecule has 1 unspecified atom stereocenters. The summed E-state index contributed by atoms with van der Waals surface area (Å²) in [4.78, 5) is 44.3. The molecule has 0 radical (unpaired) electrons. The molecule has 13 nitrogen and oxygen atoms in total. The van der Waals surface area contributed by atoms with Gasteiger partial charge in [-0.05, 0) is 44.9 Å². The smallest absolute Gasteiger partial charge is 0.329 e. The van der Waals surface area contributed by atoms with Crippen molar-refractivity contribution >= 4 is 29.6 Å². The van der Waals surface area contributed by atoms with Crippen molar-refractivity contribution in [3.63, 3.8) is 0 Å². The Morgan fingerprint density at radius 3 is 2.22 bits per heavy atom. The first-order valence-electron chi connectivity index (χ1n) is 22.3. The number of carbonyl (C=O) groups is 3. The summed E-state index contributed by atoms with van der Waals surface area (Å²) in [6, 6.07) is -1.07. The molecular formula is C46H65N3O10S. The van der Waals surface area contributed by atoms with Crippen LogP contribution < -0.4 is 24.3 Å². The number of aryl methyl sites for hydroxylation is 1. The Hall–Kier alpha value is -3.72. The van der Waals surface area contributed by atoms with E-state index in [-0.39, 0.29) is 36.9 Å². The van der Waals surface area contributed by atoms with Crippen LogP contribution >= 0.6 is 11.8 Å². The van der Waals surface area contributed by atoms with Gasteiger partial charge in [0.05, 0.1) is 30.5 Å². The maximum absolute atomic E-state index is 13.9. The van der Waals surface area contributed by atoms with Crippen LogP contribution in [0.5, 0.6) is 28.7 Å². The number of carbonyl (C=O) groups excluding carboxylic acids is 3. The van der Waals surface area contributed by atoms with E-state index in [4.69, 9.17) is 23.7 Å². The van der Waals surface area contributed by atoms with Crippen molar-refractivity contribution in [3.8, 4) is 28.7 Å². The second-order valence-corrected chi connectivity index (χ2v) is 18.5. The van der Waals surface area contributed by atoms with E-state index >= 15 is 0 Å². The molecule has 8 rings (SSSR count). The second kappa shape index (κ2) is 19.5. The zero-order valence-corrected chi connectivity index (χ0v) is 37.1. The van der Waals surface area contributed by atoms with Gasteiger partial charge in [-0.2, -0.15) is 0 Å². The van der Waals surface area contributed by atoms with Gasteiger partial charge in [0, 0.05) is 47.4 Å². The first-order valence-corrected chi connectivity index (χ1v) is 23.3. The summed E-state index contributed by atoms with van der Waals surface area (Å²) < 4.78 is 30.0. The molecule has 60 heavy (non-hydrogen) atoms. The lowest BCUT2D eigenvalue weighted by Gasteiger charge is -2.62. The van der Waals surface area contributed by atoms with Crippen LogP contribution in [-0.4, -0.2) is 95.5 Å². The number of ether oxygens (including phenoxy) is 5. The van der Waals surface area contributed by atoms with Crippen LogP contribution in [0.25, 0.3) is 0 Å². The van der Waals surface area contributed by atoms with Crippen molar-refractivity contribution in [3.05, 3.63) is 39.4 Å². The van der Waals surface area contributed by atoms with Gasteiger partial charge < -0.3 is 39.2 Å². The molecule has 2 aromatic carbocycles. The van der Waals surface area contributed by atoms with Gasteiger partial charge in [0.15, 0.2) is 23.0 Å². The van der Waals surface area contributed by atoms with E-state index in [9.17, 15) is 24.6 Å². The van der Waals surface area contributed by atoms with Crippen molar-refractivity contribution in [2.24, 2.45) is 0 Å². The van der Waals surface area contributed by atoms with E-state index in [0.717, 1.165) is 30.4 Å². The molecule has 6 aliphatic heterocycles. The number of piperazine rings is 1. The molecule has 0 aromatic heterocycles. The van der Waals surface area contributed by atoms with E-state index < -0.39 is 47.6 Å². The third-order valence-electron chi connectivity index (χ3n) is 13.3. The normalized spacial score (nSPS) is 25.5. The number of fused-ring (bicyclic) bond motifs is 10. The van der Waals surface area contributed by atoms with Crippen LogP contribution in [0.1, 0.15) is 154 Å². The molecule has 330 valence electrons. The number of benzene rings is 2. The number of nitrogens with one attached hydrogen (secondary N) is 1. The van der Waals surface area contributed by atoms with E-state index in [2.05, 4.69) is 17.1 Å². The summed E-state index contributed by atoms with van der Waals surface area (Å²) in [5.41, 5.74) is 4.32. The first kappa shape index (κ1) is 44.3. The topological polar surface area (TPSA) is 156 Å². The number of thioether (sulfide) groups is 1. The number of hydrogen-bond donors (Lipinski definition) is 3. The fraction of sp³-hybridized carbons (Fsp3) is 0.674. The lowest BCUT2D eigenvalue weighted by Crippen LogP contribution is -2.69. The molecule has 2 aromatic rings. The number of rotatable bonds is 17. The molecule has 2 saturated heterocycles. The Balaban J connectivity index is 1.14. The van der Waals surface area contributed by atoms with Gasteiger partial charge in [-0.15, -0.1) is 11.8 Å². The maximum atomic E-state index is 13.9. The molecule has 14 heteroatoms. The van der Waals surface area contributed by atoms with Crippen LogP contribution in [-0.2, 0) is 25.5 Å². The monoisotopic (exact) mass is 851 g/mol. The molecule has 6 heterocycles. The molecule has 0 saturated carbocycles. The standard InChI is InChI=1S/C46H65N3O10S/c1-7-8-9-10-11-12-13-14-15-16-17-18-19-20-33(51)47-30-24-60-44-36-35(43-42(57-25-58-43)27(3)41(36)59-28(4)50)32(23-56-46(30)54)49-38(44)37-34-29(22-31(45(49)53)48(37)5)21-26(2)40(55-6)39(34)52/h21,30-32,37-38,44-45,52-53H,7-20,22-25H2,1-6H3,(H,47,51)/t30-,31+,32-,37-,38?,44+,45-/m0/s1. The van der Waals surface area contributed by atoms with Crippen molar-refractivity contribution in [1.29, 1.82) is 0 Å². The largest absolute Gasteiger partial charge is 0.504 e. The highest BCUT2D eigenvalue weighted by Gasteiger charge is 2.60. The average Bonchev–Trinajstić information content (AvgIpc) is 3.71. The molecule has 4 bridgehead atoms. The first-order chi connectivity index (χ1) is 29.0. The number of methoxy groups -OCH3 is 1. The number of esters is 2. The van der Waals surface area contributed by atoms with Crippen LogP contribution in [0.4, 0.5) is 0 Å². The molecule has 0 aliphatic carbocycles. The van der Waals surface area contributed by atoms with Gasteiger partial charge in [-0.3, -0.25) is 19.4 Å². The predicted molar refractivity (Wildman–Crippen MR) is 229 cm³/mol. The molecular weight excluding hydrogens is 787 g/mol.